The lowest BCUT2D eigenvalue weighted by Gasteiger charge is -2.17. The lowest BCUT2D eigenvalue weighted by atomic mass is 9.96. The van der Waals surface area contributed by atoms with Gasteiger partial charge in [0.15, 0.2) is 0 Å². The number of fused-ring (bicyclic) bond motifs is 1. The van der Waals surface area contributed by atoms with Crippen molar-refractivity contribution in [2.24, 2.45) is 0 Å². The predicted molar refractivity (Wildman–Crippen MR) is 131 cm³/mol. The highest BCUT2D eigenvalue weighted by atomic mass is 32.1. The number of thiophene rings is 1. The van der Waals surface area contributed by atoms with Crippen LogP contribution in [0.5, 0.6) is 0 Å². The molecular formula is C26H25N3O3S. The van der Waals surface area contributed by atoms with Crippen LogP contribution in [0.3, 0.4) is 0 Å². The minimum absolute atomic E-state index is 0.0347. The third-order valence-corrected chi connectivity index (χ3v) is 6.95. The summed E-state index contributed by atoms with van der Waals surface area (Å²) in [5.74, 6) is -0.306. The first-order valence-corrected chi connectivity index (χ1v) is 12.0. The zero-order chi connectivity index (χ0) is 22.6. The molecule has 2 aromatic heterocycles. The number of hydrogen-bond acceptors (Lipinski definition) is 4. The molecule has 0 unspecified atom stereocenters. The average molecular weight is 460 g/mol. The molecule has 168 valence electrons. The molecule has 33 heavy (non-hydrogen) atoms. The van der Waals surface area contributed by atoms with E-state index < -0.39 is 6.10 Å². The largest absolute Gasteiger partial charge is 0.368 e. The second-order valence-electron chi connectivity index (χ2n) is 8.14. The van der Waals surface area contributed by atoms with Gasteiger partial charge in [-0.05, 0) is 54.1 Å². The number of H-pyrrole nitrogens is 1. The van der Waals surface area contributed by atoms with E-state index in [0.717, 1.165) is 29.3 Å². The van der Waals surface area contributed by atoms with Gasteiger partial charge in [0.25, 0.3) is 11.8 Å². The molecule has 1 saturated heterocycles. The van der Waals surface area contributed by atoms with Gasteiger partial charge in [-0.15, -0.1) is 11.3 Å². The summed E-state index contributed by atoms with van der Waals surface area (Å²) < 4.78 is 5.44. The molecule has 1 aliphatic heterocycles. The fourth-order valence-corrected chi connectivity index (χ4v) is 5.12. The zero-order valence-electron chi connectivity index (χ0n) is 18.0. The number of hydrogen-bond donors (Lipinski definition) is 3. The molecule has 0 saturated carbocycles. The Morgan fingerprint density at radius 2 is 2.03 bits per heavy atom. The molecule has 1 fully saturated rings. The van der Waals surface area contributed by atoms with Gasteiger partial charge in [0.1, 0.15) is 6.10 Å². The van der Waals surface area contributed by atoms with Gasteiger partial charge in [0.2, 0.25) is 0 Å². The number of rotatable bonds is 7. The summed E-state index contributed by atoms with van der Waals surface area (Å²) in [6.45, 7) is 1.08. The van der Waals surface area contributed by atoms with Crippen LogP contribution in [-0.4, -0.2) is 36.1 Å². The van der Waals surface area contributed by atoms with Gasteiger partial charge in [-0.25, -0.2) is 0 Å². The van der Waals surface area contributed by atoms with E-state index in [-0.39, 0.29) is 17.7 Å². The van der Waals surface area contributed by atoms with Crippen molar-refractivity contribution in [2.75, 3.05) is 18.5 Å². The van der Waals surface area contributed by atoms with Gasteiger partial charge >= 0.3 is 0 Å². The SMILES string of the molecule is O=C(NC[C@H](c1cccs1)c1c[nH]c2ccccc12)c1cccc(NC(=O)[C@@H]2CCCO2)c1. The minimum atomic E-state index is -0.412. The Balaban J connectivity index is 1.31. The van der Waals surface area contributed by atoms with Gasteiger partial charge in [-0.1, -0.05) is 30.3 Å². The average Bonchev–Trinajstić information content (AvgIpc) is 3.62. The van der Waals surface area contributed by atoms with E-state index in [4.69, 9.17) is 4.74 Å². The molecule has 0 bridgehead atoms. The molecule has 1 aliphatic rings. The van der Waals surface area contributed by atoms with E-state index in [0.29, 0.717) is 24.4 Å². The Hall–Kier alpha value is -3.42. The molecule has 7 heteroatoms. The normalized spacial score (nSPS) is 16.5. The molecule has 5 rings (SSSR count). The number of nitrogens with one attached hydrogen (secondary N) is 3. The first kappa shape index (κ1) is 21.4. The van der Waals surface area contributed by atoms with Crippen LogP contribution in [0.4, 0.5) is 5.69 Å². The quantitative estimate of drug-likeness (QED) is 0.367. The van der Waals surface area contributed by atoms with Gasteiger partial charge in [0, 0.05) is 52.3 Å². The van der Waals surface area contributed by atoms with Crippen LogP contribution in [-0.2, 0) is 9.53 Å². The highest BCUT2D eigenvalue weighted by Crippen LogP contribution is 2.33. The molecule has 0 radical (unpaired) electrons. The van der Waals surface area contributed by atoms with Crippen LogP contribution in [0.1, 0.15) is 39.6 Å². The molecule has 3 heterocycles. The van der Waals surface area contributed by atoms with Gasteiger partial charge < -0.3 is 20.4 Å². The second-order valence-corrected chi connectivity index (χ2v) is 9.12. The zero-order valence-corrected chi connectivity index (χ0v) is 18.9. The molecule has 4 aromatic rings. The molecule has 2 aromatic carbocycles. The Morgan fingerprint density at radius 1 is 1.12 bits per heavy atom. The molecule has 6 nitrogen and oxygen atoms in total. The van der Waals surface area contributed by atoms with Crippen molar-refractivity contribution < 1.29 is 14.3 Å². The summed E-state index contributed by atoms with van der Waals surface area (Å²) >= 11 is 1.68. The van der Waals surface area contributed by atoms with E-state index in [1.54, 1.807) is 35.6 Å². The van der Waals surface area contributed by atoms with Crippen molar-refractivity contribution in [1.82, 2.24) is 10.3 Å². The van der Waals surface area contributed by atoms with E-state index >= 15 is 0 Å². The van der Waals surface area contributed by atoms with Crippen molar-refractivity contribution in [2.45, 2.75) is 24.9 Å². The summed E-state index contributed by atoms with van der Waals surface area (Å²) in [5, 5.41) is 9.17. The number of carbonyl (C=O) groups excluding carboxylic acids is 2. The molecule has 2 atom stereocenters. The predicted octanol–water partition coefficient (Wildman–Crippen LogP) is 4.91. The van der Waals surface area contributed by atoms with Crippen LogP contribution >= 0.6 is 11.3 Å². The minimum Gasteiger partial charge on any atom is -0.368 e. The first-order chi connectivity index (χ1) is 16.2. The number of anilines is 1. The number of ether oxygens (including phenoxy) is 1. The van der Waals surface area contributed by atoms with Gasteiger partial charge in [-0.3, -0.25) is 9.59 Å². The highest BCUT2D eigenvalue weighted by molar-refractivity contribution is 7.10. The maximum Gasteiger partial charge on any atom is 0.253 e. The topological polar surface area (TPSA) is 83.2 Å². The van der Waals surface area contributed by atoms with Crippen LogP contribution in [0.15, 0.2) is 72.2 Å². The number of aromatic nitrogens is 1. The van der Waals surface area contributed by atoms with E-state index in [1.165, 1.54) is 4.88 Å². The summed E-state index contributed by atoms with van der Waals surface area (Å²) in [6.07, 6.45) is 3.24. The number of benzene rings is 2. The highest BCUT2D eigenvalue weighted by Gasteiger charge is 2.24. The van der Waals surface area contributed by atoms with Crippen molar-refractivity contribution in [3.05, 3.63) is 88.2 Å². The monoisotopic (exact) mass is 459 g/mol. The first-order valence-electron chi connectivity index (χ1n) is 11.1. The summed E-state index contributed by atoms with van der Waals surface area (Å²) in [4.78, 5) is 29.9. The smallest absolute Gasteiger partial charge is 0.253 e. The molecule has 3 N–H and O–H groups in total. The Kier molecular flexibility index (Phi) is 6.24. The van der Waals surface area contributed by atoms with E-state index in [2.05, 4.69) is 39.2 Å². The number of aromatic amines is 1. The van der Waals surface area contributed by atoms with E-state index in [1.807, 2.05) is 24.4 Å². The van der Waals surface area contributed by atoms with Crippen molar-refractivity contribution in [1.29, 1.82) is 0 Å². The Bertz CT molecular complexity index is 1260. The molecule has 0 aliphatic carbocycles. The molecular weight excluding hydrogens is 434 g/mol. The maximum atomic E-state index is 13.0. The van der Waals surface area contributed by atoms with Gasteiger partial charge in [0.05, 0.1) is 0 Å². The standard InChI is InChI=1S/C26H25N3O3S/c30-25(17-6-3-7-18(14-17)29-26(31)23-10-4-12-32-23)28-16-21(24-11-5-13-33-24)20-15-27-22-9-2-1-8-19(20)22/h1-3,5-9,11,13-15,21,23,27H,4,10,12,16H2,(H,28,30)(H,29,31)/t21-,23-/m0/s1. The Morgan fingerprint density at radius 3 is 2.85 bits per heavy atom. The second kappa shape index (κ2) is 9.60. The van der Waals surface area contributed by atoms with Gasteiger partial charge in [-0.2, -0.15) is 0 Å². The van der Waals surface area contributed by atoms with Crippen LogP contribution in [0, 0.1) is 0 Å². The van der Waals surface area contributed by atoms with E-state index in [9.17, 15) is 9.59 Å². The Labute approximate surface area is 196 Å². The summed E-state index contributed by atoms with van der Waals surface area (Å²) in [7, 11) is 0. The number of carbonyl (C=O) groups is 2. The van der Waals surface area contributed by atoms with Crippen LogP contribution < -0.4 is 10.6 Å². The third kappa shape index (κ3) is 4.69. The molecule has 2 amide bonds. The third-order valence-electron chi connectivity index (χ3n) is 5.96. The lowest BCUT2D eigenvalue weighted by molar-refractivity contribution is -0.124. The fraction of sp³-hybridized carbons (Fsp3) is 0.231. The van der Waals surface area contributed by atoms with Crippen molar-refractivity contribution in [3.63, 3.8) is 0 Å². The number of para-hydroxylation sites is 1. The van der Waals surface area contributed by atoms with Crippen molar-refractivity contribution >= 4 is 39.7 Å². The maximum absolute atomic E-state index is 13.0. The summed E-state index contributed by atoms with van der Waals surface area (Å²) in [5.41, 5.74) is 3.33. The fourth-order valence-electron chi connectivity index (χ4n) is 4.28. The van der Waals surface area contributed by atoms with Crippen molar-refractivity contribution in [3.8, 4) is 0 Å². The van der Waals surface area contributed by atoms with Crippen LogP contribution in [0.25, 0.3) is 10.9 Å². The van der Waals surface area contributed by atoms with Crippen LogP contribution in [0.2, 0.25) is 0 Å². The summed E-state index contributed by atoms with van der Waals surface area (Å²) in [6, 6.07) is 19.3. The molecule has 0 spiro atoms. The number of amides is 2. The lowest BCUT2D eigenvalue weighted by Crippen LogP contribution is -2.29.